The molecule has 0 bridgehead atoms. The number of rotatable bonds is 13. The standard InChI is InChI=1S/C26H24N6O2.C14H19N2/c33-20-28-25-9-15-32(16-10-25)19-23-3-1-22(2-4-23)18-31-13-7-24(8-14-31)26(34)30-29-17-21-5-11-27-12-6-21;1-12(2)4-5-13(3)11-16-8-6-14(10-15)7-9-16/h1,3,5-17,20H,2,4,18-19H2;4-10,15H,11H2,1-3H3/q;+1/p+2/b;13-5+,15-10?. The normalized spacial score (nSPS) is 12.5. The van der Waals surface area contributed by atoms with Gasteiger partial charge >= 0.3 is 0 Å². The van der Waals surface area contributed by atoms with E-state index in [4.69, 9.17) is 5.41 Å². The lowest BCUT2D eigenvalue weighted by Crippen LogP contribution is -2.35. The van der Waals surface area contributed by atoms with Crippen LogP contribution in [-0.2, 0) is 24.4 Å². The molecule has 10 nitrogen and oxygen atoms in total. The number of hydrogen-bond acceptors (Lipinski definition) is 5. The first-order valence-corrected chi connectivity index (χ1v) is 16.4. The van der Waals surface area contributed by atoms with Crippen molar-refractivity contribution >= 4 is 30.4 Å². The first-order chi connectivity index (χ1) is 24.3. The molecular weight excluding hydrogens is 624 g/mol. The molecule has 0 radical (unpaired) electrons. The van der Waals surface area contributed by atoms with E-state index in [0.29, 0.717) is 12.0 Å². The van der Waals surface area contributed by atoms with Gasteiger partial charge in [0.05, 0.1) is 17.5 Å². The van der Waals surface area contributed by atoms with E-state index in [9.17, 15) is 9.59 Å². The van der Waals surface area contributed by atoms with Crippen LogP contribution in [0.5, 0.6) is 0 Å². The summed E-state index contributed by atoms with van der Waals surface area (Å²) < 4.78 is 6.27. The summed E-state index contributed by atoms with van der Waals surface area (Å²) in [5, 5.41) is 13.7. The molecule has 0 spiro atoms. The summed E-state index contributed by atoms with van der Waals surface area (Å²) in [4.78, 5) is 26.7. The van der Waals surface area contributed by atoms with Crippen LogP contribution in [0.25, 0.3) is 0 Å². The zero-order chi connectivity index (χ0) is 35.6. The molecule has 0 atom stereocenters. The third-order valence-electron chi connectivity index (χ3n) is 7.67. The fraction of sp³-hybridized carbons (Fsp3) is 0.200. The van der Waals surface area contributed by atoms with Crippen molar-refractivity contribution in [3.8, 4) is 0 Å². The third-order valence-corrected chi connectivity index (χ3v) is 7.67. The summed E-state index contributed by atoms with van der Waals surface area (Å²) in [5.41, 5.74) is 11.0. The molecule has 1 aliphatic carbocycles. The number of pyridine rings is 4. The van der Waals surface area contributed by atoms with Crippen LogP contribution in [0.1, 0.15) is 55.1 Å². The zero-order valence-electron chi connectivity index (χ0n) is 28.9. The molecule has 4 heterocycles. The first kappa shape index (κ1) is 36.7. The summed E-state index contributed by atoms with van der Waals surface area (Å²) in [6.45, 7) is 8.81. The van der Waals surface area contributed by atoms with Gasteiger partial charge in [0.25, 0.3) is 5.91 Å². The molecule has 3 N–H and O–H groups in total. The number of carbonyl (C=O) groups excluding carboxylic acids is 2. The molecule has 1 aliphatic rings. The largest absolute Gasteiger partial charge is 0.328 e. The molecule has 0 saturated carbocycles. The van der Waals surface area contributed by atoms with Gasteiger partial charge in [0.2, 0.25) is 6.41 Å². The first-order valence-electron chi connectivity index (χ1n) is 16.4. The van der Waals surface area contributed by atoms with E-state index in [1.165, 1.54) is 28.5 Å². The van der Waals surface area contributed by atoms with E-state index in [1.807, 2.05) is 73.6 Å². The summed E-state index contributed by atoms with van der Waals surface area (Å²) >= 11 is 0. The lowest BCUT2D eigenvalue weighted by Gasteiger charge is -2.11. The van der Waals surface area contributed by atoms with Gasteiger partial charge in [-0.2, -0.15) is 5.10 Å². The van der Waals surface area contributed by atoms with Crippen molar-refractivity contribution in [1.82, 2.24) is 10.4 Å². The highest BCUT2D eigenvalue weighted by Gasteiger charge is 2.14. The Bertz CT molecular complexity index is 1870. The fourth-order valence-corrected chi connectivity index (χ4v) is 4.90. The van der Waals surface area contributed by atoms with Gasteiger partial charge in [-0.05, 0) is 68.0 Å². The monoisotopic (exact) mass is 669 g/mol. The van der Waals surface area contributed by atoms with Crippen LogP contribution in [0, 0.1) is 5.41 Å². The Morgan fingerprint density at radius 2 is 1.38 bits per heavy atom. The molecule has 0 unspecified atom stereocenters. The fourth-order valence-electron chi connectivity index (χ4n) is 4.90. The van der Waals surface area contributed by atoms with Gasteiger partial charge < -0.3 is 10.7 Å². The van der Waals surface area contributed by atoms with Crippen LogP contribution < -0.4 is 24.4 Å². The lowest BCUT2D eigenvalue weighted by atomic mass is 9.98. The number of hydrazone groups is 1. The smallest absolute Gasteiger partial charge is 0.271 e. The minimum Gasteiger partial charge on any atom is -0.328 e. The van der Waals surface area contributed by atoms with Crippen molar-refractivity contribution in [2.45, 2.75) is 53.2 Å². The minimum atomic E-state index is -0.255. The number of anilines is 1. The predicted molar refractivity (Wildman–Crippen MR) is 195 cm³/mol. The van der Waals surface area contributed by atoms with E-state index in [2.05, 4.69) is 79.6 Å². The minimum absolute atomic E-state index is 0.255. The third kappa shape index (κ3) is 12.8. The zero-order valence-corrected chi connectivity index (χ0v) is 28.9. The van der Waals surface area contributed by atoms with Crippen LogP contribution in [0.2, 0.25) is 0 Å². The highest BCUT2D eigenvalue weighted by atomic mass is 16.2. The molecule has 0 aliphatic heterocycles. The SMILES string of the molecule is CC(C)=C/C=C(\C)C[n+]1ccc(C=N)cc1.O=CNc1cc[n+](CC2=CC=C(C[n+]3ccc(C(=O)N/N=C/c4ccncc4)cc3)CC2)cc1. The second kappa shape index (κ2) is 19.6. The number of carbonyl (C=O) groups is 2. The van der Waals surface area contributed by atoms with Gasteiger partial charge in [-0.1, -0.05) is 29.9 Å². The van der Waals surface area contributed by atoms with E-state index in [1.54, 1.807) is 30.7 Å². The van der Waals surface area contributed by atoms with E-state index < -0.39 is 0 Å². The van der Waals surface area contributed by atoms with E-state index in [0.717, 1.165) is 49.3 Å². The Morgan fingerprint density at radius 3 is 1.92 bits per heavy atom. The van der Waals surface area contributed by atoms with Gasteiger partial charge in [-0.15, -0.1) is 0 Å². The average molecular weight is 670 g/mol. The van der Waals surface area contributed by atoms with Crippen LogP contribution in [0.4, 0.5) is 5.69 Å². The van der Waals surface area contributed by atoms with Gasteiger partial charge in [0, 0.05) is 60.6 Å². The van der Waals surface area contributed by atoms with Gasteiger partial charge in [-0.25, -0.2) is 19.1 Å². The maximum Gasteiger partial charge on any atom is 0.271 e. The van der Waals surface area contributed by atoms with E-state index in [-0.39, 0.29) is 5.91 Å². The quantitative estimate of drug-likeness (QED) is 0.0596. The average Bonchev–Trinajstić information content (AvgIpc) is 3.14. The van der Waals surface area contributed by atoms with Crippen LogP contribution in [0.3, 0.4) is 0 Å². The van der Waals surface area contributed by atoms with Gasteiger partial charge in [0.15, 0.2) is 56.8 Å². The van der Waals surface area contributed by atoms with Crippen molar-refractivity contribution in [2.75, 3.05) is 5.32 Å². The number of allylic oxidation sites excluding steroid dienone is 8. The Morgan fingerprint density at radius 1 is 0.800 bits per heavy atom. The number of nitrogens with zero attached hydrogens (tertiary/aromatic N) is 5. The molecule has 4 aromatic rings. The van der Waals surface area contributed by atoms with Gasteiger partial charge in [-0.3, -0.25) is 14.6 Å². The Balaban J connectivity index is 0.000000295. The lowest BCUT2D eigenvalue weighted by molar-refractivity contribution is -0.690. The Kier molecular flexibility index (Phi) is 14.4. The van der Waals surface area contributed by atoms with E-state index >= 15 is 0 Å². The Hall–Kier alpha value is -6.16. The second-order valence-corrected chi connectivity index (χ2v) is 12.1. The predicted octanol–water partition coefficient (Wildman–Crippen LogP) is 5.22. The molecule has 5 rings (SSSR count). The molecule has 2 amide bonds. The molecule has 4 aromatic heterocycles. The van der Waals surface area contributed by atoms with Crippen LogP contribution >= 0.6 is 0 Å². The molecule has 10 heteroatoms. The molecule has 0 aromatic carbocycles. The second-order valence-electron chi connectivity index (χ2n) is 12.1. The molecule has 50 heavy (non-hydrogen) atoms. The summed E-state index contributed by atoms with van der Waals surface area (Å²) in [6, 6.07) is 14.9. The number of aromatic nitrogens is 4. The maximum atomic E-state index is 12.3. The van der Waals surface area contributed by atoms with Crippen LogP contribution in [0.15, 0.2) is 150 Å². The highest BCUT2D eigenvalue weighted by molar-refractivity contribution is 5.94. The molecule has 0 fully saturated rings. The number of hydrogen-bond donors (Lipinski definition) is 3. The van der Waals surface area contributed by atoms with Crippen molar-refractivity contribution in [1.29, 1.82) is 5.41 Å². The highest BCUT2D eigenvalue weighted by Crippen LogP contribution is 2.19. The van der Waals surface area contributed by atoms with Crippen LogP contribution in [-0.4, -0.2) is 29.7 Å². The van der Waals surface area contributed by atoms with Crippen molar-refractivity contribution in [3.05, 3.63) is 161 Å². The molecular formula is C40H45N8O2+3. The summed E-state index contributed by atoms with van der Waals surface area (Å²) in [6.07, 6.45) is 29.3. The van der Waals surface area contributed by atoms with Crippen molar-refractivity contribution in [3.63, 3.8) is 0 Å². The topological polar surface area (TPSA) is 119 Å². The molecule has 254 valence electrons. The summed E-state index contributed by atoms with van der Waals surface area (Å²) in [7, 11) is 0. The number of amides is 2. The van der Waals surface area contributed by atoms with Crippen molar-refractivity contribution < 1.29 is 23.3 Å². The molecule has 0 saturated heterocycles. The van der Waals surface area contributed by atoms with Gasteiger partial charge in [0.1, 0.15) is 0 Å². The number of nitrogens with one attached hydrogen (secondary N) is 3. The maximum absolute atomic E-state index is 12.3. The Labute approximate surface area is 294 Å². The van der Waals surface area contributed by atoms with Crippen molar-refractivity contribution in [2.24, 2.45) is 5.10 Å². The summed E-state index contributed by atoms with van der Waals surface area (Å²) in [5.74, 6) is -0.255.